The zero-order valence-electron chi connectivity index (χ0n) is 20.3. The minimum Gasteiger partial charge on any atom is -0.444 e. The molecule has 0 aliphatic rings. The van der Waals surface area contributed by atoms with Crippen LogP contribution in [0.1, 0.15) is 23.2 Å². The van der Waals surface area contributed by atoms with Crippen molar-refractivity contribution in [2.45, 2.75) is 26.0 Å². The second kappa shape index (κ2) is 13.1. The molecule has 0 radical (unpaired) electrons. The van der Waals surface area contributed by atoms with E-state index in [0.29, 0.717) is 24.5 Å². The summed E-state index contributed by atoms with van der Waals surface area (Å²) >= 11 is 0. The van der Waals surface area contributed by atoms with Crippen LogP contribution in [0.4, 0.5) is 16.4 Å². The summed E-state index contributed by atoms with van der Waals surface area (Å²) < 4.78 is 6.51. The number of rotatable bonds is 8. The normalized spacial score (nSPS) is 10.1. The monoisotopic (exact) mass is 508 g/mol. The lowest BCUT2D eigenvalue weighted by Crippen LogP contribution is -2.25. The summed E-state index contributed by atoms with van der Waals surface area (Å²) in [5.41, 5.74) is 1.66. The zero-order chi connectivity index (χ0) is 26.6. The zero-order valence-corrected chi connectivity index (χ0v) is 20.3. The quantitative estimate of drug-likeness (QED) is 0.349. The number of hydrogen-bond donors (Lipinski definition) is 2. The average Bonchev–Trinajstić information content (AvgIpc) is 2.93. The molecule has 4 rings (SSSR count). The fraction of sp³-hybridized carbons (Fsp3) is 0.143. The van der Waals surface area contributed by atoms with Gasteiger partial charge < -0.3 is 10.1 Å². The van der Waals surface area contributed by atoms with Crippen LogP contribution in [0.3, 0.4) is 0 Å². The van der Waals surface area contributed by atoms with E-state index in [-0.39, 0.29) is 24.8 Å². The summed E-state index contributed by atoms with van der Waals surface area (Å²) in [7, 11) is 0. The molecule has 0 atom stereocenters. The molecule has 0 aliphatic carbocycles. The SMILES string of the molecule is O=C(Cc1ccccc1)Nc1ccc(C#CCCn2ccc(NC(=O)OCc3ccccc3)nc2=O)nn1. The molecule has 2 aromatic carbocycles. The Balaban J connectivity index is 1.22. The molecule has 2 heterocycles. The van der Waals surface area contributed by atoms with Gasteiger partial charge in [-0.15, -0.1) is 10.2 Å². The van der Waals surface area contributed by atoms with Gasteiger partial charge in [0.05, 0.1) is 6.42 Å². The fourth-order valence-electron chi connectivity index (χ4n) is 3.30. The summed E-state index contributed by atoms with van der Waals surface area (Å²) in [6, 6.07) is 23.4. The summed E-state index contributed by atoms with van der Waals surface area (Å²) in [6.07, 6.45) is 1.43. The molecule has 0 aliphatic heterocycles. The Morgan fingerprint density at radius 1 is 0.842 bits per heavy atom. The van der Waals surface area contributed by atoms with E-state index in [9.17, 15) is 14.4 Å². The minimum atomic E-state index is -0.702. The molecule has 38 heavy (non-hydrogen) atoms. The summed E-state index contributed by atoms with van der Waals surface area (Å²) in [4.78, 5) is 40.2. The molecule has 0 unspecified atom stereocenters. The van der Waals surface area contributed by atoms with E-state index < -0.39 is 11.8 Å². The van der Waals surface area contributed by atoms with Crippen LogP contribution in [0.25, 0.3) is 0 Å². The van der Waals surface area contributed by atoms with Gasteiger partial charge in [0, 0.05) is 19.2 Å². The lowest BCUT2D eigenvalue weighted by atomic mass is 10.1. The van der Waals surface area contributed by atoms with Crippen molar-refractivity contribution in [2.75, 3.05) is 10.6 Å². The van der Waals surface area contributed by atoms with Crippen molar-refractivity contribution in [3.63, 3.8) is 0 Å². The molecular formula is C28H24N6O4. The number of nitrogens with zero attached hydrogens (tertiary/aromatic N) is 4. The van der Waals surface area contributed by atoms with Crippen molar-refractivity contribution in [2.24, 2.45) is 0 Å². The van der Waals surface area contributed by atoms with E-state index in [1.165, 1.54) is 16.8 Å². The number of carbonyl (C=O) groups is 2. The maximum Gasteiger partial charge on any atom is 0.413 e. The number of hydrogen-bond acceptors (Lipinski definition) is 7. The van der Waals surface area contributed by atoms with Gasteiger partial charge in [-0.2, -0.15) is 4.98 Å². The van der Waals surface area contributed by atoms with Crippen LogP contribution in [-0.4, -0.2) is 31.7 Å². The molecule has 10 nitrogen and oxygen atoms in total. The highest BCUT2D eigenvalue weighted by Crippen LogP contribution is 2.06. The van der Waals surface area contributed by atoms with Gasteiger partial charge in [-0.05, 0) is 35.2 Å². The lowest BCUT2D eigenvalue weighted by molar-refractivity contribution is -0.115. The van der Waals surface area contributed by atoms with Crippen molar-refractivity contribution in [1.82, 2.24) is 19.7 Å². The lowest BCUT2D eigenvalue weighted by Gasteiger charge is -2.07. The molecule has 190 valence electrons. The standard InChI is InChI=1S/C28H24N6O4/c35-26(19-21-9-3-1-4-10-21)29-25-15-14-23(32-33-25)13-7-8-17-34-18-16-24(30-27(34)36)31-28(37)38-20-22-11-5-2-6-12-22/h1-6,9-12,14-16,18H,8,17,19-20H2,(H,29,33,35)(H,30,31,36,37). The van der Waals surface area contributed by atoms with Crippen LogP contribution in [-0.2, 0) is 29.1 Å². The van der Waals surface area contributed by atoms with Gasteiger partial charge in [-0.25, -0.2) is 9.59 Å². The Labute approximate surface area is 218 Å². The largest absolute Gasteiger partial charge is 0.444 e. The van der Waals surface area contributed by atoms with Crippen molar-refractivity contribution in [3.05, 3.63) is 112 Å². The van der Waals surface area contributed by atoms with Crippen LogP contribution in [0, 0.1) is 11.8 Å². The highest BCUT2D eigenvalue weighted by atomic mass is 16.5. The van der Waals surface area contributed by atoms with E-state index in [1.807, 2.05) is 60.7 Å². The van der Waals surface area contributed by atoms with E-state index in [0.717, 1.165) is 11.1 Å². The smallest absolute Gasteiger partial charge is 0.413 e. The Hall–Kier alpha value is -5.30. The number of aryl methyl sites for hydroxylation is 1. The predicted octanol–water partition coefficient (Wildman–Crippen LogP) is 3.41. The van der Waals surface area contributed by atoms with Gasteiger partial charge in [-0.1, -0.05) is 66.6 Å². The maximum absolute atomic E-state index is 12.3. The summed E-state index contributed by atoms with van der Waals surface area (Å²) in [6.45, 7) is 0.414. The predicted molar refractivity (Wildman–Crippen MR) is 141 cm³/mol. The van der Waals surface area contributed by atoms with E-state index >= 15 is 0 Å². The van der Waals surface area contributed by atoms with Gasteiger partial charge in [0.15, 0.2) is 5.82 Å². The van der Waals surface area contributed by atoms with Crippen LogP contribution in [0.2, 0.25) is 0 Å². The molecule has 2 aromatic heterocycles. The second-order valence-corrected chi connectivity index (χ2v) is 8.04. The van der Waals surface area contributed by atoms with Gasteiger partial charge in [0.2, 0.25) is 5.91 Å². The molecule has 0 saturated carbocycles. The molecule has 2 N–H and O–H groups in total. The number of anilines is 2. The average molecular weight is 509 g/mol. The summed E-state index contributed by atoms with van der Waals surface area (Å²) in [5.74, 6) is 6.06. The van der Waals surface area contributed by atoms with E-state index in [1.54, 1.807) is 12.1 Å². The fourth-order valence-corrected chi connectivity index (χ4v) is 3.30. The molecule has 0 spiro atoms. The Morgan fingerprint density at radius 2 is 1.58 bits per heavy atom. The second-order valence-electron chi connectivity index (χ2n) is 8.04. The third-order valence-electron chi connectivity index (χ3n) is 5.15. The third-order valence-corrected chi connectivity index (χ3v) is 5.15. The number of carbonyl (C=O) groups excluding carboxylic acids is 2. The topological polar surface area (TPSA) is 128 Å². The number of nitrogens with one attached hydrogen (secondary N) is 2. The first kappa shape index (κ1) is 25.8. The van der Waals surface area contributed by atoms with Crippen molar-refractivity contribution in [3.8, 4) is 11.8 Å². The molecule has 2 amide bonds. The molecule has 4 aromatic rings. The van der Waals surface area contributed by atoms with Gasteiger partial charge in [-0.3, -0.25) is 14.7 Å². The Morgan fingerprint density at radius 3 is 2.26 bits per heavy atom. The number of aromatic nitrogens is 4. The first-order valence-corrected chi connectivity index (χ1v) is 11.8. The first-order valence-electron chi connectivity index (χ1n) is 11.8. The number of benzene rings is 2. The summed E-state index contributed by atoms with van der Waals surface area (Å²) in [5, 5.41) is 13.1. The van der Waals surface area contributed by atoms with Crippen molar-refractivity contribution < 1.29 is 14.3 Å². The van der Waals surface area contributed by atoms with Crippen molar-refractivity contribution in [1.29, 1.82) is 0 Å². The molecule has 0 bridgehead atoms. The third kappa shape index (κ3) is 8.13. The van der Waals surface area contributed by atoms with E-state index in [2.05, 4.69) is 37.7 Å². The van der Waals surface area contributed by atoms with E-state index in [4.69, 9.17) is 4.74 Å². The van der Waals surface area contributed by atoms with Crippen molar-refractivity contribution >= 4 is 23.6 Å². The molecule has 10 heteroatoms. The van der Waals surface area contributed by atoms with Crippen LogP contribution in [0.15, 0.2) is 89.9 Å². The highest BCUT2D eigenvalue weighted by molar-refractivity contribution is 5.91. The number of ether oxygens (including phenoxy) is 1. The van der Waals surface area contributed by atoms with Crippen LogP contribution < -0.4 is 16.3 Å². The Bertz CT molecular complexity index is 1490. The first-order chi connectivity index (χ1) is 18.5. The molecule has 0 saturated heterocycles. The van der Waals surface area contributed by atoms with Crippen LogP contribution >= 0.6 is 0 Å². The molecular weight excluding hydrogens is 484 g/mol. The Kier molecular flexibility index (Phi) is 8.91. The molecule has 0 fully saturated rings. The minimum absolute atomic E-state index is 0.0987. The van der Waals surface area contributed by atoms with Gasteiger partial charge in [0.1, 0.15) is 18.1 Å². The number of amides is 2. The van der Waals surface area contributed by atoms with Gasteiger partial charge >= 0.3 is 11.8 Å². The maximum atomic E-state index is 12.3. The van der Waals surface area contributed by atoms with Crippen LogP contribution in [0.5, 0.6) is 0 Å². The highest BCUT2D eigenvalue weighted by Gasteiger charge is 2.07. The van der Waals surface area contributed by atoms with Gasteiger partial charge in [0.25, 0.3) is 0 Å².